The molecule has 124 valence electrons. The van der Waals surface area contributed by atoms with E-state index in [2.05, 4.69) is 32.6 Å². The van der Waals surface area contributed by atoms with E-state index in [-0.39, 0.29) is 11.5 Å². The highest BCUT2D eigenvalue weighted by Gasteiger charge is 2.04. The molecule has 2 aromatic carbocycles. The number of carbonyl (C=O) groups is 1. The molecule has 0 bridgehead atoms. The van der Waals surface area contributed by atoms with E-state index < -0.39 is 0 Å². The summed E-state index contributed by atoms with van der Waals surface area (Å²) in [4.78, 5) is 12.1. The molecular weight excluding hydrogens is 378 g/mol. The number of nitrogens with zero attached hydrogens (tertiary/aromatic N) is 1. The van der Waals surface area contributed by atoms with Crippen LogP contribution in [-0.4, -0.2) is 10.9 Å². The van der Waals surface area contributed by atoms with Crippen molar-refractivity contribution >= 4 is 27.8 Å². The van der Waals surface area contributed by atoms with Crippen LogP contribution in [-0.2, 0) is 6.54 Å². The maximum Gasteiger partial charge on any atom is 0.185 e. The van der Waals surface area contributed by atoms with E-state index in [0.717, 1.165) is 16.6 Å². The van der Waals surface area contributed by atoms with Gasteiger partial charge in [0.15, 0.2) is 24.7 Å². The number of hydrogen-bond acceptors (Lipinski definition) is 2. The van der Waals surface area contributed by atoms with E-state index in [4.69, 9.17) is 0 Å². The minimum Gasteiger partial charge on any atom is -0.508 e. The maximum atomic E-state index is 12.1. The number of phenols is 1. The molecule has 0 fully saturated rings. The molecule has 0 atom stereocenters. The Labute approximate surface area is 155 Å². The molecule has 3 nitrogen and oxygen atoms in total. The Morgan fingerprint density at radius 2 is 1.76 bits per heavy atom. The van der Waals surface area contributed by atoms with Crippen molar-refractivity contribution in [1.82, 2.24) is 0 Å². The molecule has 0 saturated carbocycles. The number of hydrogen-bond donors (Lipinski definition) is 1. The molecule has 0 saturated heterocycles. The summed E-state index contributed by atoms with van der Waals surface area (Å²) in [5.74, 6) is -0.0459. The van der Waals surface area contributed by atoms with Crippen molar-refractivity contribution in [2.24, 2.45) is 0 Å². The molecule has 0 aliphatic heterocycles. The quantitative estimate of drug-likeness (QED) is 0.396. The molecule has 0 spiro atoms. The summed E-state index contributed by atoms with van der Waals surface area (Å²) in [5.41, 5.74) is 2.63. The number of carbonyl (C=O) groups excluding carboxylic acids is 1. The minimum absolute atomic E-state index is 0.0907. The van der Waals surface area contributed by atoms with E-state index in [9.17, 15) is 9.90 Å². The molecule has 0 radical (unpaired) electrons. The lowest BCUT2D eigenvalue weighted by atomic mass is 10.1. The number of rotatable bonds is 5. The van der Waals surface area contributed by atoms with Gasteiger partial charge in [-0.1, -0.05) is 46.3 Å². The summed E-state index contributed by atoms with van der Waals surface area (Å²) >= 11 is 3.43. The largest absolute Gasteiger partial charge is 0.508 e. The first-order valence-electron chi connectivity index (χ1n) is 7.85. The predicted molar refractivity (Wildman–Crippen MR) is 101 cm³/mol. The fourth-order valence-electron chi connectivity index (χ4n) is 2.41. The smallest absolute Gasteiger partial charge is 0.185 e. The Hall–Kier alpha value is -2.72. The minimum atomic E-state index is -0.137. The molecule has 4 heteroatoms. The highest BCUT2D eigenvalue weighted by Crippen LogP contribution is 2.13. The third-order valence-electron chi connectivity index (χ3n) is 3.75. The molecular formula is C21H17BrNO2+. The average molecular weight is 395 g/mol. The van der Waals surface area contributed by atoms with Crippen molar-refractivity contribution in [2.75, 3.05) is 0 Å². The lowest BCUT2D eigenvalue weighted by Gasteiger charge is -1.99. The van der Waals surface area contributed by atoms with E-state index in [0.29, 0.717) is 5.56 Å². The Morgan fingerprint density at radius 1 is 1.04 bits per heavy atom. The number of pyridine rings is 1. The Bertz CT molecular complexity index is 900. The zero-order valence-corrected chi connectivity index (χ0v) is 15.1. The molecule has 1 aromatic heterocycles. The molecule has 0 amide bonds. The van der Waals surface area contributed by atoms with E-state index >= 15 is 0 Å². The molecule has 25 heavy (non-hydrogen) atoms. The van der Waals surface area contributed by atoms with Gasteiger partial charge in [-0.15, -0.1) is 0 Å². The van der Waals surface area contributed by atoms with E-state index in [1.807, 2.05) is 36.7 Å². The number of aromatic hydroxyl groups is 1. The van der Waals surface area contributed by atoms with Crippen LogP contribution < -0.4 is 4.57 Å². The van der Waals surface area contributed by atoms with Crippen LogP contribution >= 0.6 is 15.9 Å². The predicted octanol–water partition coefficient (Wildman–Crippen LogP) is 4.39. The average Bonchev–Trinajstić information content (AvgIpc) is 2.63. The summed E-state index contributed by atoms with van der Waals surface area (Å²) in [6, 6.07) is 18.5. The summed E-state index contributed by atoms with van der Waals surface area (Å²) in [5, 5.41) is 9.43. The van der Waals surface area contributed by atoms with Gasteiger partial charge in [-0.2, -0.15) is 0 Å². The fraction of sp³-hybridized carbons (Fsp3) is 0.0476. The fourth-order valence-corrected chi connectivity index (χ4v) is 2.68. The number of halogens is 1. The van der Waals surface area contributed by atoms with Crippen molar-refractivity contribution in [3.8, 4) is 5.75 Å². The number of phenolic OH excluding ortho intramolecular Hbond substituents is 1. The van der Waals surface area contributed by atoms with E-state index in [1.165, 1.54) is 17.7 Å². The van der Waals surface area contributed by atoms with Crippen LogP contribution in [0, 0.1) is 0 Å². The Kier molecular flexibility index (Phi) is 5.41. The summed E-state index contributed by atoms with van der Waals surface area (Å²) in [6.45, 7) is 0.791. The van der Waals surface area contributed by atoms with Crippen LogP contribution in [0.5, 0.6) is 5.75 Å². The van der Waals surface area contributed by atoms with Crippen LogP contribution in [0.15, 0.2) is 83.6 Å². The normalized spacial score (nSPS) is 10.9. The number of ketones is 1. The molecule has 3 aromatic rings. The highest BCUT2D eigenvalue weighted by atomic mass is 79.9. The van der Waals surface area contributed by atoms with Gasteiger partial charge >= 0.3 is 0 Å². The molecule has 3 rings (SSSR count). The van der Waals surface area contributed by atoms with Crippen molar-refractivity contribution in [1.29, 1.82) is 0 Å². The van der Waals surface area contributed by atoms with Crippen LogP contribution in [0.3, 0.4) is 0 Å². The molecule has 1 heterocycles. The molecule has 0 aliphatic carbocycles. The second-order valence-corrected chi connectivity index (χ2v) is 6.59. The third-order valence-corrected chi connectivity index (χ3v) is 4.28. The Balaban J connectivity index is 1.66. The highest BCUT2D eigenvalue weighted by molar-refractivity contribution is 9.10. The first kappa shape index (κ1) is 17.1. The number of benzene rings is 2. The van der Waals surface area contributed by atoms with Gasteiger partial charge in [0.1, 0.15) is 5.75 Å². The Morgan fingerprint density at radius 3 is 2.44 bits per heavy atom. The first-order valence-corrected chi connectivity index (χ1v) is 8.64. The van der Waals surface area contributed by atoms with Crippen molar-refractivity contribution in [3.05, 3.63) is 100 Å². The molecule has 1 N–H and O–H groups in total. The summed E-state index contributed by atoms with van der Waals surface area (Å²) < 4.78 is 3.15. The SMILES string of the molecule is O=C(/C=C/c1cc[n+](Cc2ccc(Br)cc2)cc1)c1cccc(O)c1. The lowest BCUT2D eigenvalue weighted by molar-refractivity contribution is -0.688. The lowest BCUT2D eigenvalue weighted by Crippen LogP contribution is -2.33. The van der Waals surface area contributed by atoms with E-state index in [1.54, 1.807) is 24.3 Å². The van der Waals surface area contributed by atoms with Gasteiger partial charge in [0, 0.05) is 27.7 Å². The second kappa shape index (κ2) is 7.90. The van der Waals surface area contributed by atoms with Crippen LogP contribution in [0.4, 0.5) is 0 Å². The van der Waals surface area contributed by atoms with Gasteiger partial charge in [0.25, 0.3) is 0 Å². The van der Waals surface area contributed by atoms with Gasteiger partial charge in [-0.25, -0.2) is 4.57 Å². The zero-order valence-electron chi connectivity index (χ0n) is 13.5. The number of aromatic nitrogens is 1. The number of allylic oxidation sites excluding steroid dienone is 1. The van der Waals surface area contributed by atoms with Crippen molar-refractivity contribution in [3.63, 3.8) is 0 Å². The summed E-state index contributed by atoms with van der Waals surface area (Å²) in [7, 11) is 0. The van der Waals surface area contributed by atoms with Crippen LogP contribution in [0.25, 0.3) is 6.08 Å². The van der Waals surface area contributed by atoms with Gasteiger partial charge in [-0.05, 0) is 35.9 Å². The third kappa shape index (κ3) is 4.88. The van der Waals surface area contributed by atoms with Gasteiger partial charge < -0.3 is 5.11 Å². The van der Waals surface area contributed by atoms with Crippen LogP contribution in [0.1, 0.15) is 21.5 Å². The molecule has 0 aliphatic rings. The van der Waals surface area contributed by atoms with Crippen molar-refractivity contribution in [2.45, 2.75) is 6.54 Å². The topological polar surface area (TPSA) is 41.2 Å². The molecule has 0 unspecified atom stereocenters. The van der Waals surface area contributed by atoms with Crippen molar-refractivity contribution < 1.29 is 14.5 Å². The van der Waals surface area contributed by atoms with Crippen LogP contribution in [0.2, 0.25) is 0 Å². The van der Waals surface area contributed by atoms with Gasteiger partial charge in [-0.3, -0.25) is 4.79 Å². The first-order chi connectivity index (χ1) is 12.1. The second-order valence-electron chi connectivity index (χ2n) is 5.68. The van der Waals surface area contributed by atoms with Gasteiger partial charge in [0.2, 0.25) is 0 Å². The summed E-state index contributed by atoms with van der Waals surface area (Å²) in [6.07, 6.45) is 7.26. The standard InChI is InChI=1S/C21H16BrNO2/c22-19-7-4-17(5-8-19)15-23-12-10-16(11-13-23)6-9-21(25)18-2-1-3-20(24)14-18/h1-14H,15H2/p+1/b9-6+. The zero-order chi connectivity index (χ0) is 17.6. The van der Waals surface area contributed by atoms with Gasteiger partial charge in [0.05, 0.1) is 0 Å². The maximum absolute atomic E-state index is 12.1. The monoisotopic (exact) mass is 394 g/mol.